The van der Waals surface area contributed by atoms with Gasteiger partial charge in [-0.1, -0.05) is 15.9 Å². The first-order chi connectivity index (χ1) is 5.22. The minimum atomic E-state index is 0.388. The van der Waals surface area contributed by atoms with Gasteiger partial charge in [-0.2, -0.15) is 5.26 Å². The molecule has 0 aliphatic rings. The fourth-order valence-electron chi connectivity index (χ4n) is 0.817. The van der Waals surface area contributed by atoms with Gasteiger partial charge in [-0.05, 0) is 26.9 Å². The second-order valence-corrected chi connectivity index (χ2v) is 3.53. The molecule has 3 heteroatoms. The van der Waals surface area contributed by atoms with Crippen molar-refractivity contribution in [2.45, 2.75) is 25.8 Å². The molecule has 0 aliphatic carbocycles. The third kappa shape index (κ3) is 5.23. The molecule has 1 atom stereocenters. The van der Waals surface area contributed by atoms with Crippen LogP contribution >= 0.6 is 15.9 Å². The fourth-order valence-corrected chi connectivity index (χ4v) is 1.07. The molecule has 0 N–H and O–H groups in total. The normalized spacial score (nSPS) is 13.0. The molecule has 64 valence electrons. The predicted octanol–water partition coefficient (Wildman–Crippen LogP) is 2.01. The fraction of sp³-hybridized carbons (Fsp3) is 0.875. The van der Waals surface area contributed by atoms with Gasteiger partial charge in [-0.15, -0.1) is 0 Å². The zero-order valence-corrected chi connectivity index (χ0v) is 8.76. The van der Waals surface area contributed by atoms with Crippen LogP contribution in [0.4, 0.5) is 0 Å². The van der Waals surface area contributed by atoms with Crippen molar-refractivity contribution < 1.29 is 0 Å². The third-order valence-electron chi connectivity index (χ3n) is 1.78. The number of alkyl halides is 1. The lowest BCUT2D eigenvalue weighted by molar-refractivity contribution is 0.262. The van der Waals surface area contributed by atoms with Crippen molar-refractivity contribution in [3.05, 3.63) is 0 Å². The van der Waals surface area contributed by atoms with E-state index < -0.39 is 0 Å². The molecular weight excluding hydrogens is 204 g/mol. The summed E-state index contributed by atoms with van der Waals surface area (Å²) in [5, 5.41) is 9.46. The molecule has 0 saturated heterocycles. The molecule has 0 heterocycles. The van der Waals surface area contributed by atoms with E-state index in [1.807, 2.05) is 0 Å². The summed E-state index contributed by atoms with van der Waals surface area (Å²) in [7, 11) is 2.06. The van der Waals surface area contributed by atoms with Gasteiger partial charge in [0.1, 0.15) is 0 Å². The number of nitrogens with zero attached hydrogens (tertiary/aromatic N) is 2. The van der Waals surface area contributed by atoms with Gasteiger partial charge in [0.05, 0.1) is 12.5 Å². The Morgan fingerprint density at radius 1 is 1.64 bits per heavy atom. The highest BCUT2D eigenvalue weighted by molar-refractivity contribution is 9.09. The molecule has 11 heavy (non-hydrogen) atoms. The van der Waals surface area contributed by atoms with Crippen LogP contribution in [0.2, 0.25) is 0 Å². The summed E-state index contributed by atoms with van der Waals surface area (Å²) in [5.41, 5.74) is 0. The molecule has 0 aliphatic heterocycles. The largest absolute Gasteiger partial charge is 0.303 e. The highest BCUT2D eigenvalue weighted by atomic mass is 79.9. The lowest BCUT2D eigenvalue weighted by Crippen LogP contribution is -2.29. The molecule has 0 radical (unpaired) electrons. The molecule has 0 saturated carbocycles. The Kier molecular flexibility index (Phi) is 6.59. The van der Waals surface area contributed by atoms with Crippen LogP contribution < -0.4 is 0 Å². The van der Waals surface area contributed by atoms with E-state index >= 15 is 0 Å². The Bertz CT molecular complexity index is 131. The highest BCUT2D eigenvalue weighted by Gasteiger charge is 2.06. The predicted molar refractivity (Wildman–Crippen MR) is 50.7 cm³/mol. The van der Waals surface area contributed by atoms with Crippen LogP contribution in [0, 0.1) is 11.3 Å². The topological polar surface area (TPSA) is 27.0 Å². The molecule has 0 fully saturated rings. The number of nitriles is 1. The van der Waals surface area contributed by atoms with Crippen LogP contribution in [-0.4, -0.2) is 29.9 Å². The van der Waals surface area contributed by atoms with Crippen LogP contribution in [0.1, 0.15) is 19.8 Å². The van der Waals surface area contributed by atoms with Crippen LogP contribution in [0.5, 0.6) is 0 Å². The van der Waals surface area contributed by atoms with Gasteiger partial charge >= 0.3 is 0 Å². The quantitative estimate of drug-likeness (QED) is 0.661. The van der Waals surface area contributed by atoms with E-state index in [1.165, 1.54) is 0 Å². The molecule has 0 spiro atoms. The first-order valence-electron chi connectivity index (χ1n) is 3.85. The Balaban J connectivity index is 3.48. The zero-order valence-electron chi connectivity index (χ0n) is 7.18. The van der Waals surface area contributed by atoms with Crippen molar-refractivity contribution in [2.24, 2.45) is 0 Å². The van der Waals surface area contributed by atoms with Crippen LogP contribution in [0.3, 0.4) is 0 Å². The highest BCUT2D eigenvalue weighted by Crippen LogP contribution is 2.01. The van der Waals surface area contributed by atoms with E-state index in [2.05, 4.69) is 40.9 Å². The van der Waals surface area contributed by atoms with Crippen LogP contribution in [0.15, 0.2) is 0 Å². The first kappa shape index (κ1) is 10.9. The maximum atomic E-state index is 8.43. The van der Waals surface area contributed by atoms with Crippen molar-refractivity contribution in [1.82, 2.24) is 4.90 Å². The van der Waals surface area contributed by atoms with Crippen molar-refractivity contribution in [1.29, 1.82) is 5.26 Å². The van der Waals surface area contributed by atoms with Crippen molar-refractivity contribution in [3.8, 4) is 6.07 Å². The summed E-state index contributed by atoms with van der Waals surface area (Å²) in [4.78, 5) is 2.21. The van der Waals surface area contributed by atoms with E-state index in [1.54, 1.807) is 0 Å². The van der Waals surface area contributed by atoms with Crippen molar-refractivity contribution in [3.63, 3.8) is 0 Å². The first-order valence-corrected chi connectivity index (χ1v) is 4.97. The van der Waals surface area contributed by atoms with E-state index in [-0.39, 0.29) is 0 Å². The zero-order chi connectivity index (χ0) is 8.69. The minimum Gasteiger partial charge on any atom is -0.303 e. The summed E-state index contributed by atoms with van der Waals surface area (Å²) in [6.45, 7) is 3.14. The molecule has 0 rings (SSSR count). The number of hydrogen-bond donors (Lipinski definition) is 0. The molecule has 0 aromatic carbocycles. The second-order valence-electron chi connectivity index (χ2n) is 2.73. The lowest BCUT2D eigenvalue weighted by Gasteiger charge is -2.21. The number of rotatable bonds is 5. The average Bonchev–Trinajstić information content (AvgIpc) is 2.00. The monoisotopic (exact) mass is 218 g/mol. The van der Waals surface area contributed by atoms with Crippen LogP contribution in [-0.2, 0) is 0 Å². The van der Waals surface area contributed by atoms with Gasteiger partial charge in [0.15, 0.2) is 0 Å². The standard InChI is InChI=1S/C8H15BrN2/c1-8(4-6-10)11(2)7-3-5-9/h8H,3-5,7H2,1-2H3. The number of halogens is 1. The second kappa shape index (κ2) is 6.63. The molecule has 0 aromatic rings. The summed E-state index contributed by atoms with van der Waals surface area (Å²) in [5.74, 6) is 0. The SMILES string of the molecule is CC(CC#N)N(C)CCCBr. The Labute approximate surface area is 77.3 Å². The minimum absolute atomic E-state index is 0.388. The maximum absolute atomic E-state index is 8.43. The molecule has 2 nitrogen and oxygen atoms in total. The smallest absolute Gasteiger partial charge is 0.0638 e. The Morgan fingerprint density at radius 3 is 2.73 bits per heavy atom. The maximum Gasteiger partial charge on any atom is 0.0638 e. The molecule has 0 bridgehead atoms. The summed E-state index contributed by atoms with van der Waals surface area (Å²) < 4.78 is 0. The van der Waals surface area contributed by atoms with Gasteiger partial charge in [-0.25, -0.2) is 0 Å². The summed E-state index contributed by atoms with van der Waals surface area (Å²) in [6, 6.07) is 2.56. The Morgan fingerprint density at radius 2 is 2.27 bits per heavy atom. The Hall–Kier alpha value is -0.0700. The van der Waals surface area contributed by atoms with Gasteiger partial charge in [0.25, 0.3) is 0 Å². The van der Waals surface area contributed by atoms with E-state index in [0.717, 1.165) is 18.3 Å². The third-order valence-corrected chi connectivity index (χ3v) is 2.34. The van der Waals surface area contributed by atoms with Crippen molar-refractivity contribution in [2.75, 3.05) is 18.9 Å². The molecule has 0 aromatic heterocycles. The van der Waals surface area contributed by atoms with E-state index in [9.17, 15) is 0 Å². The summed E-state index contributed by atoms with van der Waals surface area (Å²) in [6.07, 6.45) is 1.77. The number of hydrogen-bond acceptors (Lipinski definition) is 2. The van der Waals surface area contributed by atoms with Gasteiger partial charge in [0.2, 0.25) is 0 Å². The molecule has 0 amide bonds. The molecule has 1 unspecified atom stereocenters. The van der Waals surface area contributed by atoms with E-state index in [4.69, 9.17) is 5.26 Å². The average molecular weight is 219 g/mol. The van der Waals surface area contributed by atoms with Crippen LogP contribution in [0.25, 0.3) is 0 Å². The van der Waals surface area contributed by atoms with Gasteiger partial charge in [-0.3, -0.25) is 0 Å². The van der Waals surface area contributed by atoms with Crippen molar-refractivity contribution >= 4 is 15.9 Å². The summed E-state index contributed by atoms with van der Waals surface area (Å²) >= 11 is 3.37. The van der Waals surface area contributed by atoms with Gasteiger partial charge < -0.3 is 4.90 Å². The van der Waals surface area contributed by atoms with E-state index in [0.29, 0.717) is 12.5 Å². The molecular formula is C8H15BrN2. The lowest BCUT2D eigenvalue weighted by atomic mass is 10.2. The van der Waals surface area contributed by atoms with Gasteiger partial charge in [0, 0.05) is 11.4 Å².